The quantitative estimate of drug-likeness (QED) is 0.153. The molecule has 9 heteroatoms. The first-order valence-corrected chi connectivity index (χ1v) is 12.2. The lowest BCUT2D eigenvalue weighted by molar-refractivity contribution is -0.857. The summed E-state index contributed by atoms with van der Waals surface area (Å²) in [4.78, 5) is 39.3. The summed E-state index contributed by atoms with van der Waals surface area (Å²) in [6, 6.07) is 19.3. The van der Waals surface area contributed by atoms with E-state index in [1.54, 1.807) is 25.1 Å². The summed E-state index contributed by atoms with van der Waals surface area (Å²) in [5, 5.41) is 24.9. The summed E-state index contributed by atoms with van der Waals surface area (Å²) in [7, 11) is 3.84. The predicted octanol–water partition coefficient (Wildman–Crippen LogP) is 1.85. The van der Waals surface area contributed by atoms with Crippen LogP contribution in [0.1, 0.15) is 28.3 Å². The number of ether oxygens (including phenoxy) is 1. The Kier molecular flexibility index (Phi) is 7.87. The second kappa shape index (κ2) is 11.3. The number of amides is 1. The number of quaternary nitrogens is 1. The molecule has 4 rings (SSSR count). The van der Waals surface area contributed by atoms with Crippen molar-refractivity contribution in [2.24, 2.45) is 0 Å². The van der Waals surface area contributed by atoms with Crippen LogP contribution in [0.2, 0.25) is 0 Å². The van der Waals surface area contributed by atoms with Gasteiger partial charge in [-0.2, -0.15) is 0 Å². The molecule has 1 aliphatic rings. The van der Waals surface area contributed by atoms with Crippen LogP contribution in [-0.4, -0.2) is 48.7 Å². The van der Waals surface area contributed by atoms with Crippen LogP contribution in [0.3, 0.4) is 0 Å². The van der Waals surface area contributed by atoms with Crippen LogP contribution in [0.5, 0.6) is 5.75 Å². The molecule has 0 saturated carbocycles. The fourth-order valence-corrected chi connectivity index (χ4v) is 4.44. The van der Waals surface area contributed by atoms with Gasteiger partial charge in [-0.1, -0.05) is 42.2 Å². The lowest BCUT2D eigenvalue weighted by Crippen LogP contribution is -3.06. The number of nitrogens with zero attached hydrogens (tertiary/aromatic N) is 2. The van der Waals surface area contributed by atoms with Gasteiger partial charge in [-0.15, -0.1) is 0 Å². The number of aryl methyl sites for hydroxylation is 1. The number of non-ortho nitro benzene ring substituents is 1. The molecule has 1 saturated heterocycles. The Hall–Kier alpha value is -4.50. The highest BCUT2D eigenvalue weighted by atomic mass is 16.6. The summed E-state index contributed by atoms with van der Waals surface area (Å²) in [5.74, 6) is -1.57. The van der Waals surface area contributed by atoms with Gasteiger partial charge < -0.3 is 19.6 Å². The van der Waals surface area contributed by atoms with Crippen molar-refractivity contribution in [1.82, 2.24) is 4.90 Å². The van der Waals surface area contributed by atoms with Gasteiger partial charge >= 0.3 is 0 Å². The Morgan fingerprint density at radius 1 is 1.03 bits per heavy atom. The molecule has 1 heterocycles. The molecular weight excluding hydrogens is 486 g/mol. The van der Waals surface area contributed by atoms with Crippen molar-refractivity contribution in [1.29, 1.82) is 0 Å². The van der Waals surface area contributed by atoms with E-state index in [-0.39, 0.29) is 17.8 Å². The van der Waals surface area contributed by atoms with Crippen molar-refractivity contribution in [2.75, 3.05) is 27.2 Å². The molecule has 0 bridgehead atoms. The van der Waals surface area contributed by atoms with Gasteiger partial charge in [-0.25, -0.2) is 0 Å². The van der Waals surface area contributed by atoms with Gasteiger partial charge in [0.25, 0.3) is 11.6 Å². The van der Waals surface area contributed by atoms with Crippen molar-refractivity contribution in [3.05, 3.63) is 111 Å². The zero-order valence-corrected chi connectivity index (χ0v) is 21.5. The largest absolute Gasteiger partial charge is 0.872 e. The minimum atomic E-state index is -0.934. The van der Waals surface area contributed by atoms with E-state index in [0.717, 1.165) is 10.5 Å². The highest BCUT2D eigenvalue weighted by Crippen LogP contribution is 2.39. The molecule has 1 amide bonds. The topological polar surface area (TPSA) is 117 Å². The second-order valence-electron chi connectivity index (χ2n) is 9.53. The third-order valence-electron chi connectivity index (χ3n) is 6.49. The zero-order valence-electron chi connectivity index (χ0n) is 21.5. The van der Waals surface area contributed by atoms with Crippen LogP contribution >= 0.6 is 0 Å². The van der Waals surface area contributed by atoms with E-state index >= 15 is 0 Å². The van der Waals surface area contributed by atoms with Crippen LogP contribution < -0.4 is 14.7 Å². The van der Waals surface area contributed by atoms with Gasteiger partial charge in [0, 0.05) is 17.7 Å². The molecule has 3 aromatic rings. The normalized spacial score (nSPS) is 16.7. The molecule has 1 fully saturated rings. The monoisotopic (exact) mass is 515 g/mol. The summed E-state index contributed by atoms with van der Waals surface area (Å²) in [6.45, 7) is 2.91. The molecule has 1 unspecified atom stereocenters. The van der Waals surface area contributed by atoms with Crippen molar-refractivity contribution in [2.45, 2.75) is 19.6 Å². The maximum atomic E-state index is 13.8. The van der Waals surface area contributed by atoms with Crippen molar-refractivity contribution in [3.63, 3.8) is 0 Å². The number of carbonyl (C=O) groups excluding carboxylic acids is 2. The van der Waals surface area contributed by atoms with E-state index < -0.39 is 28.4 Å². The van der Waals surface area contributed by atoms with Crippen LogP contribution in [0.4, 0.5) is 5.69 Å². The summed E-state index contributed by atoms with van der Waals surface area (Å²) in [6.07, 6.45) is 0. The third-order valence-corrected chi connectivity index (χ3v) is 6.49. The Balaban J connectivity index is 1.71. The fraction of sp³-hybridized carbons (Fsp3) is 0.241. The van der Waals surface area contributed by atoms with Crippen LogP contribution in [0.15, 0.2) is 78.4 Å². The van der Waals surface area contributed by atoms with Gasteiger partial charge in [0.15, 0.2) is 0 Å². The number of hydrogen-bond donors (Lipinski definition) is 1. The van der Waals surface area contributed by atoms with Crippen molar-refractivity contribution in [3.8, 4) is 5.75 Å². The van der Waals surface area contributed by atoms with E-state index in [0.29, 0.717) is 35.6 Å². The maximum Gasteiger partial charge on any atom is 0.295 e. The number of ketones is 1. The lowest BCUT2D eigenvalue weighted by atomic mass is 9.93. The van der Waals surface area contributed by atoms with Crippen LogP contribution in [0.25, 0.3) is 5.76 Å². The number of hydrogen-bond acceptors (Lipinski definition) is 6. The maximum absolute atomic E-state index is 13.8. The molecule has 1 aliphatic heterocycles. The highest BCUT2D eigenvalue weighted by Gasteiger charge is 2.44. The van der Waals surface area contributed by atoms with Gasteiger partial charge in [0.05, 0.1) is 38.2 Å². The zero-order chi connectivity index (χ0) is 27.4. The molecule has 0 aliphatic carbocycles. The highest BCUT2D eigenvalue weighted by molar-refractivity contribution is 6.46. The molecule has 196 valence electrons. The summed E-state index contributed by atoms with van der Waals surface area (Å²) in [5.41, 5.74) is 2.09. The Morgan fingerprint density at radius 2 is 1.71 bits per heavy atom. The third kappa shape index (κ3) is 5.57. The van der Waals surface area contributed by atoms with Crippen LogP contribution in [-0.2, 0) is 16.2 Å². The number of nitrogens with one attached hydrogen (secondary N) is 1. The first kappa shape index (κ1) is 26.6. The minimum Gasteiger partial charge on any atom is -0.872 e. The van der Waals surface area contributed by atoms with E-state index in [4.69, 9.17) is 4.74 Å². The first-order chi connectivity index (χ1) is 18.2. The Morgan fingerprint density at radius 3 is 2.32 bits per heavy atom. The number of carbonyl (C=O) groups is 2. The number of likely N-dealkylation sites (tertiary alicyclic amines) is 1. The number of likely N-dealkylation sites (N-methyl/N-ethyl adjacent to an activating group) is 1. The van der Waals surface area contributed by atoms with Gasteiger partial charge in [0.2, 0.25) is 5.78 Å². The minimum absolute atomic E-state index is 0.122. The molecule has 38 heavy (non-hydrogen) atoms. The average Bonchev–Trinajstić information content (AvgIpc) is 3.16. The van der Waals surface area contributed by atoms with Gasteiger partial charge in [0.1, 0.15) is 12.4 Å². The SMILES string of the molecule is Cc1cc(OCc2ccccc2)ccc1/C([O-])=C1\C(=O)C(=O)N(CC[NH+](C)C)C1c1ccc([N+](=O)[O-])cc1. The standard InChI is InChI=1S/C29H29N3O6/c1-19-17-23(38-18-20-7-5-4-6-8-20)13-14-24(19)27(33)25-26(21-9-11-22(12-10-21)32(36)37)31(16-15-30(2)3)29(35)28(25)34/h4-14,17,26,33H,15-16,18H2,1-3H3/b27-25+. The van der Waals surface area contributed by atoms with E-state index in [9.17, 15) is 24.8 Å². The molecule has 1 N–H and O–H groups in total. The van der Waals surface area contributed by atoms with Gasteiger partial charge in [-0.3, -0.25) is 19.7 Å². The van der Waals surface area contributed by atoms with Gasteiger partial charge in [-0.05, 0) is 53.4 Å². The Labute approximate surface area is 220 Å². The van der Waals surface area contributed by atoms with Crippen LogP contribution in [0, 0.1) is 17.0 Å². The number of nitro groups is 1. The molecule has 0 radical (unpaired) electrons. The number of rotatable bonds is 9. The second-order valence-corrected chi connectivity index (χ2v) is 9.53. The summed E-state index contributed by atoms with van der Waals surface area (Å²) < 4.78 is 5.86. The summed E-state index contributed by atoms with van der Waals surface area (Å²) >= 11 is 0. The van der Waals surface area contributed by atoms with Crippen molar-refractivity contribution >= 4 is 23.1 Å². The number of benzene rings is 3. The fourth-order valence-electron chi connectivity index (χ4n) is 4.44. The van der Waals surface area contributed by atoms with E-state index in [2.05, 4.69) is 0 Å². The average molecular weight is 516 g/mol. The Bertz CT molecular complexity index is 1380. The smallest absolute Gasteiger partial charge is 0.295 e. The predicted molar refractivity (Wildman–Crippen MR) is 139 cm³/mol. The molecular formula is C29H29N3O6. The molecule has 3 aromatic carbocycles. The lowest BCUT2D eigenvalue weighted by Gasteiger charge is -2.28. The first-order valence-electron chi connectivity index (χ1n) is 12.2. The molecule has 1 atom stereocenters. The van der Waals surface area contributed by atoms with E-state index in [1.807, 2.05) is 44.4 Å². The number of Topliss-reactive ketones (excluding diaryl/α,β-unsaturated/α-hetero) is 1. The van der Waals surface area contributed by atoms with E-state index in [1.165, 1.54) is 29.2 Å². The molecule has 0 spiro atoms. The number of nitro benzene ring substituents is 1. The molecule has 0 aromatic heterocycles. The van der Waals surface area contributed by atoms with Crippen molar-refractivity contribution < 1.29 is 29.3 Å². The molecule has 9 nitrogen and oxygen atoms in total.